The Hall–Kier alpha value is -0.900. The van der Waals surface area contributed by atoms with Crippen LogP contribution in [0.1, 0.15) is 58.3 Å². The summed E-state index contributed by atoms with van der Waals surface area (Å²) in [4.78, 5) is 26.2. The van der Waals surface area contributed by atoms with Crippen LogP contribution in [-0.4, -0.2) is 36.3 Å². The van der Waals surface area contributed by atoms with Gasteiger partial charge in [0, 0.05) is 19.5 Å². The average Bonchev–Trinajstić information content (AvgIpc) is 2.59. The lowest BCUT2D eigenvalue weighted by Gasteiger charge is -2.25. The van der Waals surface area contributed by atoms with Gasteiger partial charge in [0.25, 0.3) is 0 Å². The van der Waals surface area contributed by atoms with Crippen molar-refractivity contribution >= 4 is 11.8 Å². The lowest BCUT2D eigenvalue weighted by Crippen LogP contribution is -2.39. The van der Waals surface area contributed by atoms with Crippen LogP contribution in [0.2, 0.25) is 0 Å². The van der Waals surface area contributed by atoms with Gasteiger partial charge in [-0.2, -0.15) is 0 Å². The van der Waals surface area contributed by atoms with E-state index in [0.717, 1.165) is 45.2 Å². The van der Waals surface area contributed by atoms with Gasteiger partial charge in [0.15, 0.2) is 0 Å². The summed E-state index contributed by atoms with van der Waals surface area (Å²) >= 11 is 0. The van der Waals surface area contributed by atoms with Gasteiger partial charge in [0.05, 0.1) is 5.41 Å². The number of carbonyl (C=O) groups excluding carboxylic acids is 2. The molecule has 0 aromatic rings. The molecular weight excluding hydrogens is 240 g/mol. The fourth-order valence-electron chi connectivity index (χ4n) is 3.37. The van der Waals surface area contributed by atoms with Gasteiger partial charge >= 0.3 is 0 Å². The van der Waals surface area contributed by atoms with Crippen molar-refractivity contribution in [3.63, 3.8) is 0 Å². The summed E-state index contributed by atoms with van der Waals surface area (Å²) in [5, 5.41) is 3.26. The number of nitrogens with one attached hydrogen (secondary N) is 1. The molecule has 2 aliphatic rings. The van der Waals surface area contributed by atoms with Gasteiger partial charge in [-0.1, -0.05) is 32.6 Å². The molecule has 4 nitrogen and oxygen atoms in total. The highest BCUT2D eigenvalue weighted by Crippen LogP contribution is 2.44. The van der Waals surface area contributed by atoms with Gasteiger partial charge in [-0.05, 0) is 25.8 Å². The molecule has 1 saturated carbocycles. The molecule has 0 unspecified atom stereocenters. The van der Waals surface area contributed by atoms with Crippen molar-refractivity contribution in [1.82, 2.24) is 10.2 Å². The van der Waals surface area contributed by atoms with Crippen LogP contribution in [0.25, 0.3) is 0 Å². The molecule has 1 aliphatic heterocycles. The Morgan fingerprint density at radius 1 is 1.11 bits per heavy atom. The smallest absolute Gasteiger partial charge is 0.235 e. The van der Waals surface area contributed by atoms with E-state index in [4.69, 9.17) is 0 Å². The van der Waals surface area contributed by atoms with Crippen LogP contribution in [0, 0.1) is 5.41 Å². The van der Waals surface area contributed by atoms with Crippen LogP contribution in [0.5, 0.6) is 0 Å². The van der Waals surface area contributed by atoms with Crippen molar-refractivity contribution in [2.24, 2.45) is 5.41 Å². The van der Waals surface area contributed by atoms with Crippen LogP contribution >= 0.6 is 0 Å². The highest BCUT2D eigenvalue weighted by molar-refractivity contribution is 6.05. The SMILES string of the molecule is CCCNCCN1C(=O)CC2(CCCCCC2)C1=O. The number of nitrogens with zero attached hydrogens (tertiary/aromatic N) is 1. The number of likely N-dealkylation sites (tertiary alicyclic amines) is 1. The van der Waals surface area contributed by atoms with Gasteiger partial charge in [-0.25, -0.2) is 0 Å². The average molecular weight is 266 g/mol. The summed E-state index contributed by atoms with van der Waals surface area (Å²) in [6.07, 6.45) is 7.98. The summed E-state index contributed by atoms with van der Waals surface area (Å²) in [5.74, 6) is 0.155. The first-order valence-electron chi connectivity index (χ1n) is 7.75. The molecule has 0 aromatic heterocycles. The zero-order valence-electron chi connectivity index (χ0n) is 12.0. The minimum Gasteiger partial charge on any atom is -0.315 e. The molecule has 2 rings (SSSR count). The van der Waals surface area contributed by atoms with E-state index in [1.807, 2.05) is 0 Å². The molecule has 0 bridgehead atoms. The molecule has 0 atom stereocenters. The van der Waals surface area contributed by atoms with E-state index in [-0.39, 0.29) is 17.2 Å². The monoisotopic (exact) mass is 266 g/mol. The topological polar surface area (TPSA) is 49.4 Å². The zero-order chi connectivity index (χ0) is 13.7. The fourth-order valence-corrected chi connectivity index (χ4v) is 3.37. The molecule has 4 heteroatoms. The van der Waals surface area contributed by atoms with Crippen LogP contribution in [0.3, 0.4) is 0 Å². The molecule has 1 heterocycles. The third-order valence-electron chi connectivity index (χ3n) is 4.49. The standard InChI is InChI=1S/C15H26N2O2/c1-2-9-16-10-11-17-13(18)12-15(14(17)19)7-5-3-4-6-8-15/h16H,2-12H2,1H3. The van der Waals surface area contributed by atoms with E-state index in [1.54, 1.807) is 0 Å². The number of rotatable bonds is 5. The van der Waals surface area contributed by atoms with Gasteiger partial charge in [-0.15, -0.1) is 0 Å². The number of hydrogen-bond donors (Lipinski definition) is 1. The molecule has 2 amide bonds. The number of amides is 2. The first kappa shape index (κ1) is 14.5. The molecule has 108 valence electrons. The van der Waals surface area contributed by atoms with E-state index in [9.17, 15) is 9.59 Å². The maximum atomic E-state index is 12.6. The lowest BCUT2D eigenvalue weighted by atomic mass is 9.79. The normalized spacial score (nSPS) is 23.1. The lowest BCUT2D eigenvalue weighted by molar-refractivity contribution is -0.141. The molecule has 2 fully saturated rings. The maximum Gasteiger partial charge on any atom is 0.235 e. The van der Waals surface area contributed by atoms with Crippen LogP contribution in [0.4, 0.5) is 0 Å². The van der Waals surface area contributed by atoms with Crippen molar-refractivity contribution in [3.8, 4) is 0 Å². The van der Waals surface area contributed by atoms with E-state index in [1.165, 1.54) is 17.7 Å². The van der Waals surface area contributed by atoms with Gasteiger partial charge < -0.3 is 5.32 Å². The third-order valence-corrected chi connectivity index (χ3v) is 4.49. The van der Waals surface area contributed by atoms with Gasteiger partial charge in [0.2, 0.25) is 11.8 Å². The van der Waals surface area contributed by atoms with Gasteiger partial charge in [-0.3, -0.25) is 14.5 Å². The molecule has 0 radical (unpaired) electrons. The minimum absolute atomic E-state index is 0.0465. The first-order chi connectivity index (χ1) is 9.19. The maximum absolute atomic E-state index is 12.6. The second-order valence-corrected chi connectivity index (χ2v) is 5.97. The summed E-state index contributed by atoms with van der Waals surface area (Å²) in [7, 11) is 0. The fraction of sp³-hybridized carbons (Fsp3) is 0.867. The summed E-state index contributed by atoms with van der Waals surface area (Å²) < 4.78 is 0. The number of imide groups is 1. The van der Waals surface area contributed by atoms with Crippen molar-refractivity contribution in [1.29, 1.82) is 0 Å². The predicted molar refractivity (Wildman–Crippen MR) is 74.6 cm³/mol. The van der Waals surface area contributed by atoms with E-state index in [2.05, 4.69) is 12.2 Å². The Morgan fingerprint density at radius 2 is 1.79 bits per heavy atom. The van der Waals surface area contributed by atoms with Crippen molar-refractivity contribution in [2.45, 2.75) is 58.3 Å². The Labute approximate surface area is 115 Å². The molecule has 1 aliphatic carbocycles. The molecule has 19 heavy (non-hydrogen) atoms. The third kappa shape index (κ3) is 3.16. The van der Waals surface area contributed by atoms with E-state index in [0.29, 0.717) is 13.0 Å². The van der Waals surface area contributed by atoms with Crippen LogP contribution in [-0.2, 0) is 9.59 Å². The second kappa shape index (κ2) is 6.51. The quantitative estimate of drug-likeness (QED) is 0.612. The summed E-state index contributed by atoms with van der Waals surface area (Å²) in [5.41, 5.74) is -0.335. The largest absolute Gasteiger partial charge is 0.315 e. The van der Waals surface area contributed by atoms with Gasteiger partial charge in [0.1, 0.15) is 0 Å². The molecule has 1 saturated heterocycles. The van der Waals surface area contributed by atoms with Crippen molar-refractivity contribution in [3.05, 3.63) is 0 Å². The molecule has 1 N–H and O–H groups in total. The van der Waals surface area contributed by atoms with E-state index < -0.39 is 0 Å². The van der Waals surface area contributed by atoms with Crippen LogP contribution < -0.4 is 5.32 Å². The Morgan fingerprint density at radius 3 is 2.42 bits per heavy atom. The van der Waals surface area contributed by atoms with Crippen LogP contribution in [0.15, 0.2) is 0 Å². The molecule has 0 aromatic carbocycles. The predicted octanol–water partition coefficient (Wildman–Crippen LogP) is 2.09. The van der Waals surface area contributed by atoms with Crippen molar-refractivity contribution < 1.29 is 9.59 Å². The summed E-state index contributed by atoms with van der Waals surface area (Å²) in [6.45, 7) is 4.32. The zero-order valence-corrected chi connectivity index (χ0v) is 12.0. The van der Waals surface area contributed by atoms with E-state index >= 15 is 0 Å². The number of hydrogen-bond acceptors (Lipinski definition) is 3. The Balaban J connectivity index is 1.95. The Bertz CT molecular complexity index is 333. The highest BCUT2D eigenvalue weighted by Gasteiger charge is 2.50. The first-order valence-corrected chi connectivity index (χ1v) is 7.75. The Kier molecular flexibility index (Phi) is 4.97. The molecular formula is C15H26N2O2. The van der Waals surface area contributed by atoms with Crippen molar-refractivity contribution in [2.75, 3.05) is 19.6 Å². The number of carbonyl (C=O) groups is 2. The highest BCUT2D eigenvalue weighted by atomic mass is 16.2. The second-order valence-electron chi connectivity index (χ2n) is 5.97. The summed E-state index contributed by atoms with van der Waals surface area (Å²) in [6, 6.07) is 0. The minimum atomic E-state index is -0.335. The molecule has 1 spiro atoms.